The molecule has 22 heavy (non-hydrogen) atoms. The smallest absolute Gasteiger partial charge is 0.210 e. The van der Waals surface area contributed by atoms with Gasteiger partial charge in [-0.05, 0) is 30.2 Å². The number of tetrazole rings is 1. The summed E-state index contributed by atoms with van der Waals surface area (Å²) in [5, 5.41) is 12.6. The molecule has 0 amide bonds. The van der Waals surface area contributed by atoms with Gasteiger partial charge in [-0.3, -0.25) is 4.79 Å². The van der Waals surface area contributed by atoms with Crippen LogP contribution in [0.5, 0.6) is 0 Å². The molecular formula is C16H20N4OS. The third-order valence-electron chi connectivity index (χ3n) is 4.09. The molecule has 1 fully saturated rings. The van der Waals surface area contributed by atoms with Crippen molar-refractivity contribution in [1.29, 1.82) is 0 Å². The van der Waals surface area contributed by atoms with Crippen LogP contribution in [0.2, 0.25) is 0 Å². The van der Waals surface area contributed by atoms with Crippen molar-refractivity contribution in [3.8, 4) is 0 Å². The molecule has 0 spiro atoms. The quantitative estimate of drug-likeness (QED) is 0.623. The van der Waals surface area contributed by atoms with Crippen LogP contribution >= 0.6 is 11.8 Å². The van der Waals surface area contributed by atoms with E-state index in [4.69, 9.17) is 0 Å². The zero-order chi connectivity index (χ0) is 15.4. The molecule has 0 bridgehead atoms. The van der Waals surface area contributed by atoms with Crippen LogP contribution < -0.4 is 0 Å². The summed E-state index contributed by atoms with van der Waals surface area (Å²) in [5.41, 5.74) is 0.735. The van der Waals surface area contributed by atoms with Crippen LogP contribution in [0.15, 0.2) is 35.5 Å². The second-order valence-electron chi connectivity index (χ2n) is 5.69. The van der Waals surface area contributed by atoms with Gasteiger partial charge < -0.3 is 0 Å². The van der Waals surface area contributed by atoms with Crippen molar-refractivity contribution >= 4 is 17.5 Å². The summed E-state index contributed by atoms with van der Waals surface area (Å²) in [6.45, 7) is 1.92. The fourth-order valence-corrected chi connectivity index (χ4v) is 3.80. The summed E-state index contributed by atoms with van der Waals surface area (Å²) in [7, 11) is 0. The maximum absolute atomic E-state index is 12.5. The maximum atomic E-state index is 12.5. The lowest BCUT2D eigenvalue weighted by molar-refractivity contribution is 0.0993. The molecule has 0 N–H and O–H groups in total. The molecule has 1 atom stereocenters. The van der Waals surface area contributed by atoms with E-state index >= 15 is 0 Å². The number of hydrogen-bond acceptors (Lipinski definition) is 5. The Hall–Kier alpha value is -1.69. The third-order valence-corrected chi connectivity index (χ3v) is 5.14. The molecule has 0 radical (unpaired) electrons. The summed E-state index contributed by atoms with van der Waals surface area (Å²) in [5.74, 6) is 0.115. The van der Waals surface area contributed by atoms with E-state index in [9.17, 15) is 4.79 Å². The Bertz CT molecular complexity index is 622. The number of hydrogen-bond donors (Lipinski definition) is 0. The van der Waals surface area contributed by atoms with E-state index in [0.717, 1.165) is 23.6 Å². The van der Waals surface area contributed by atoms with Crippen LogP contribution in [-0.2, 0) is 0 Å². The molecule has 1 aromatic heterocycles. The molecule has 6 heteroatoms. The number of carbonyl (C=O) groups excluding carboxylic acids is 1. The van der Waals surface area contributed by atoms with E-state index in [-0.39, 0.29) is 11.0 Å². The second-order valence-corrected chi connectivity index (χ2v) is 7.00. The minimum absolute atomic E-state index is 0.115. The topological polar surface area (TPSA) is 60.7 Å². The fraction of sp³-hybridized carbons (Fsp3) is 0.500. The van der Waals surface area contributed by atoms with Gasteiger partial charge in [0.15, 0.2) is 5.78 Å². The third kappa shape index (κ3) is 3.38. The zero-order valence-corrected chi connectivity index (χ0v) is 13.5. The number of nitrogens with zero attached hydrogens (tertiary/aromatic N) is 4. The number of ketones is 1. The highest BCUT2D eigenvalue weighted by Crippen LogP contribution is 2.32. The number of carbonyl (C=O) groups is 1. The van der Waals surface area contributed by atoms with Gasteiger partial charge in [0.05, 0.1) is 11.3 Å². The normalized spacial score (nSPS) is 17.3. The lowest BCUT2D eigenvalue weighted by atomic mass is 9.96. The average molecular weight is 316 g/mol. The van der Waals surface area contributed by atoms with Gasteiger partial charge in [-0.15, -0.1) is 5.10 Å². The van der Waals surface area contributed by atoms with Crippen molar-refractivity contribution in [3.05, 3.63) is 35.9 Å². The van der Waals surface area contributed by atoms with Crippen molar-refractivity contribution in [1.82, 2.24) is 20.2 Å². The van der Waals surface area contributed by atoms with Crippen LogP contribution in [0, 0.1) is 0 Å². The SMILES string of the molecule is CC(Sc1nnnn1C1CCCCC1)C(=O)c1ccccc1. The summed E-state index contributed by atoms with van der Waals surface area (Å²) < 4.78 is 1.92. The van der Waals surface area contributed by atoms with Crippen LogP contribution in [0.25, 0.3) is 0 Å². The molecule has 1 saturated carbocycles. The average Bonchev–Trinajstić information content (AvgIpc) is 3.04. The Morgan fingerprint density at radius 3 is 2.68 bits per heavy atom. The number of aromatic nitrogens is 4. The largest absolute Gasteiger partial charge is 0.293 e. The van der Waals surface area contributed by atoms with Crippen molar-refractivity contribution in [3.63, 3.8) is 0 Å². The van der Waals surface area contributed by atoms with E-state index in [1.54, 1.807) is 0 Å². The summed E-state index contributed by atoms with van der Waals surface area (Å²) >= 11 is 1.45. The van der Waals surface area contributed by atoms with Crippen LogP contribution in [0.3, 0.4) is 0 Å². The van der Waals surface area contributed by atoms with Crippen LogP contribution in [0.4, 0.5) is 0 Å². The number of Topliss-reactive ketones (excluding diaryl/α,β-unsaturated/α-hetero) is 1. The molecule has 2 aromatic rings. The number of thioether (sulfide) groups is 1. The zero-order valence-electron chi connectivity index (χ0n) is 12.7. The van der Waals surface area contributed by atoms with Crippen molar-refractivity contribution in [2.24, 2.45) is 0 Å². The Kier molecular flexibility index (Phi) is 4.87. The Morgan fingerprint density at radius 2 is 1.95 bits per heavy atom. The minimum Gasteiger partial charge on any atom is -0.293 e. The first-order chi connectivity index (χ1) is 10.8. The van der Waals surface area contributed by atoms with Gasteiger partial charge >= 0.3 is 0 Å². The van der Waals surface area contributed by atoms with Gasteiger partial charge in [0, 0.05) is 5.56 Å². The lowest BCUT2D eigenvalue weighted by Crippen LogP contribution is -2.18. The Morgan fingerprint density at radius 1 is 1.23 bits per heavy atom. The molecule has 0 aliphatic heterocycles. The van der Waals surface area contributed by atoms with Gasteiger partial charge in [0.1, 0.15) is 0 Å². The van der Waals surface area contributed by atoms with Crippen molar-refractivity contribution in [2.45, 2.75) is 55.5 Å². The highest BCUT2D eigenvalue weighted by molar-refractivity contribution is 8.00. The molecule has 1 aliphatic carbocycles. The predicted molar refractivity (Wildman–Crippen MR) is 86.0 cm³/mol. The molecule has 1 heterocycles. The first-order valence-electron chi connectivity index (χ1n) is 7.79. The van der Waals surface area contributed by atoms with Crippen LogP contribution in [-0.4, -0.2) is 31.2 Å². The van der Waals surface area contributed by atoms with Gasteiger partial charge in [-0.25, -0.2) is 4.68 Å². The summed E-state index contributed by atoms with van der Waals surface area (Å²) in [6, 6.07) is 9.77. The van der Waals surface area contributed by atoms with E-state index in [1.165, 1.54) is 31.0 Å². The monoisotopic (exact) mass is 316 g/mol. The second kappa shape index (κ2) is 7.05. The molecule has 0 saturated heterocycles. The van der Waals surface area contributed by atoms with Crippen molar-refractivity contribution in [2.75, 3.05) is 0 Å². The minimum atomic E-state index is -0.198. The lowest BCUT2D eigenvalue weighted by Gasteiger charge is -2.22. The standard InChI is InChI=1S/C16H20N4OS/c1-12(15(21)13-8-4-2-5-9-13)22-16-17-18-19-20(16)14-10-6-3-7-11-14/h2,4-5,8-9,12,14H,3,6-7,10-11H2,1H3. The fourth-order valence-electron chi connectivity index (χ4n) is 2.87. The van der Waals surface area contributed by atoms with Gasteiger partial charge in [-0.2, -0.15) is 0 Å². The highest BCUT2D eigenvalue weighted by Gasteiger charge is 2.24. The van der Waals surface area contributed by atoms with Gasteiger partial charge in [0.2, 0.25) is 5.16 Å². The van der Waals surface area contributed by atoms with Crippen LogP contribution in [0.1, 0.15) is 55.4 Å². The molecule has 3 rings (SSSR count). The number of benzene rings is 1. The number of rotatable bonds is 5. The maximum Gasteiger partial charge on any atom is 0.210 e. The Balaban J connectivity index is 1.70. The Labute approximate surface area is 134 Å². The molecule has 1 unspecified atom stereocenters. The van der Waals surface area contributed by atoms with Crippen molar-refractivity contribution < 1.29 is 4.79 Å². The summed E-state index contributed by atoms with van der Waals surface area (Å²) in [6.07, 6.45) is 6.00. The summed E-state index contributed by atoms with van der Waals surface area (Å²) in [4.78, 5) is 12.5. The molecule has 1 aliphatic rings. The van der Waals surface area contributed by atoms with Gasteiger partial charge in [-0.1, -0.05) is 61.4 Å². The highest BCUT2D eigenvalue weighted by atomic mass is 32.2. The molecule has 1 aromatic carbocycles. The van der Waals surface area contributed by atoms with E-state index in [1.807, 2.05) is 41.9 Å². The first-order valence-corrected chi connectivity index (χ1v) is 8.67. The molecule has 116 valence electrons. The van der Waals surface area contributed by atoms with Gasteiger partial charge in [0.25, 0.3) is 0 Å². The van der Waals surface area contributed by atoms with E-state index < -0.39 is 0 Å². The van der Waals surface area contributed by atoms with E-state index in [0.29, 0.717) is 6.04 Å². The predicted octanol–water partition coefficient (Wildman–Crippen LogP) is 3.54. The first kappa shape index (κ1) is 15.2. The van der Waals surface area contributed by atoms with E-state index in [2.05, 4.69) is 15.5 Å². The molecular weight excluding hydrogens is 296 g/mol. The molecule has 5 nitrogen and oxygen atoms in total.